The van der Waals surface area contributed by atoms with E-state index in [1.165, 1.54) is 30.5 Å². The number of rotatable bonds is 5. The molecule has 5 nitrogen and oxygen atoms in total. The fraction of sp³-hybridized carbons (Fsp3) is 0.154. The second-order valence-corrected chi connectivity index (χ2v) is 3.96. The van der Waals surface area contributed by atoms with Crippen molar-refractivity contribution in [2.75, 3.05) is 0 Å². The molecule has 0 spiro atoms. The van der Waals surface area contributed by atoms with Crippen molar-refractivity contribution < 1.29 is 9.31 Å². The molecule has 2 aromatic rings. The van der Waals surface area contributed by atoms with Gasteiger partial charge in [-0.25, -0.2) is 4.39 Å². The molecule has 0 saturated carbocycles. The van der Waals surface area contributed by atoms with E-state index in [0.29, 0.717) is 12.2 Å². The maximum atomic E-state index is 12.7. The van der Waals surface area contributed by atoms with Crippen LogP contribution in [0, 0.1) is 15.9 Å². The number of hydrogen-bond acceptors (Lipinski definition) is 4. The quantitative estimate of drug-likeness (QED) is 0.663. The van der Waals surface area contributed by atoms with Crippen molar-refractivity contribution >= 4 is 5.69 Å². The highest BCUT2D eigenvalue weighted by atomic mass is 19.1. The van der Waals surface area contributed by atoms with E-state index in [-0.39, 0.29) is 18.0 Å². The predicted octanol–water partition coefficient (Wildman–Crippen LogP) is 2.42. The molecular formula is C13H12FN3O2. The maximum absolute atomic E-state index is 12.7. The minimum absolute atomic E-state index is 0.00546. The number of nitrogens with zero attached hydrogens (tertiary/aromatic N) is 2. The topological polar surface area (TPSA) is 68.1 Å². The Labute approximate surface area is 109 Å². The van der Waals surface area contributed by atoms with Crippen LogP contribution < -0.4 is 5.32 Å². The largest absolute Gasteiger partial charge is 0.307 e. The summed E-state index contributed by atoms with van der Waals surface area (Å²) in [4.78, 5) is 14.3. The third-order valence-corrected chi connectivity index (χ3v) is 2.60. The first-order valence-electron chi connectivity index (χ1n) is 5.70. The maximum Gasteiger partial charge on any atom is 0.292 e. The van der Waals surface area contributed by atoms with Gasteiger partial charge in [-0.3, -0.25) is 15.1 Å². The van der Waals surface area contributed by atoms with Crippen molar-refractivity contribution in [1.29, 1.82) is 0 Å². The molecule has 0 aliphatic rings. The minimum atomic E-state index is -0.456. The van der Waals surface area contributed by atoms with Crippen LogP contribution in [0.1, 0.15) is 11.3 Å². The van der Waals surface area contributed by atoms with Crippen LogP contribution >= 0.6 is 0 Å². The molecule has 0 aliphatic heterocycles. The van der Waals surface area contributed by atoms with Gasteiger partial charge >= 0.3 is 0 Å². The zero-order valence-electron chi connectivity index (χ0n) is 10.0. The van der Waals surface area contributed by atoms with E-state index < -0.39 is 4.92 Å². The molecule has 6 heteroatoms. The van der Waals surface area contributed by atoms with E-state index in [9.17, 15) is 14.5 Å². The van der Waals surface area contributed by atoms with Crippen molar-refractivity contribution in [1.82, 2.24) is 10.3 Å². The lowest BCUT2D eigenvalue weighted by Gasteiger charge is -2.05. The average Bonchev–Trinajstić information content (AvgIpc) is 2.41. The highest BCUT2D eigenvalue weighted by Gasteiger charge is 2.12. The van der Waals surface area contributed by atoms with Crippen molar-refractivity contribution in [3.05, 3.63) is 69.8 Å². The van der Waals surface area contributed by atoms with Gasteiger partial charge in [0, 0.05) is 25.4 Å². The molecule has 0 atom stereocenters. The summed E-state index contributed by atoms with van der Waals surface area (Å²) in [6, 6.07) is 9.02. The van der Waals surface area contributed by atoms with Crippen LogP contribution in [0.2, 0.25) is 0 Å². The Balaban J connectivity index is 1.96. The monoisotopic (exact) mass is 261 g/mol. The Morgan fingerprint density at radius 2 is 1.95 bits per heavy atom. The number of nitro groups is 1. The van der Waals surface area contributed by atoms with Crippen LogP contribution in [0.3, 0.4) is 0 Å². The molecular weight excluding hydrogens is 249 g/mol. The van der Waals surface area contributed by atoms with Crippen LogP contribution in [0.4, 0.5) is 10.1 Å². The van der Waals surface area contributed by atoms with Gasteiger partial charge in [0.05, 0.1) is 4.92 Å². The first-order valence-corrected chi connectivity index (χ1v) is 5.70. The number of nitrogens with one attached hydrogen (secondary N) is 1. The van der Waals surface area contributed by atoms with Crippen molar-refractivity contribution in [3.63, 3.8) is 0 Å². The third kappa shape index (κ3) is 3.56. The molecule has 0 aliphatic carbocycles. The second kappa shape index (κ2) is 6.01. The Hall–Kier alpha value is -2.34. The SMILES string of the molecule is O=[N+]([O-])c1cccnc1CNCc1ccc(F)cc1. The molecule has 1 N–H and O–H groups in total. The molecule has 1 aromatic carbocycles. The number of hydrogen-bond donors (Lipinski definition) is 1. The molecule has 98 valence electrons. The molecule has 0 fully saturated rings. The zero-order chi connectivity index (χ0) is 13.7. The lowest BCUT2D eigenvalue weighted by molar-refractivity contribution is -0.386. The number of benzene rings is 1. The van der Waals surface area contributed by atoms with Crippen LogP contribution in [-0.2, 0) is 13.1 Å². The highest BCUT2D eigenvalue weighted by Crippen LogP contribution is 2.14. The Morgan fingerprint density at radius 3 is 2.63 bits per heavy atom. The summed E-state index contributed by atoms with van der Waals surface area (Å²) < 4.78 is 12.7. The summed E-state index contributed by atoms with van der Waals surface area (Å²) in [6.07, 6.45) is 1.52. The predicted molar refractivity (Wildman–Crippen MR) is 67.8 cm³/mol. The van der Waals surface area contributed by atoms with Gasteiger partial charge < -0.3 is 5.32 Å². The van der Waals surface area contributed by atoms with Gasteiger partial charge in [0.1, 0.15) is 11.5 Å². The van der Waals surface area contributed by atoms with Crippen LogP contribution in [0.25, 0.3) is 0 Å². The molecule has 0 unspecified atom stereocenters. The molecule has 2 rings (SSSR count). The molecule has 1 aromatic heterocycles. The van der Waals surface area contributed by atoms with E-state index >= 15 is 0 Å². The fourth-order valence-electron chi connectivity index (χ4n) is 1.66. The molecule has 1 heterocycles. The molecule has 19 heavy (non-hydrogen) atoms. The lowest BCUT2D eigenvalue weighted by Crippen LogP contribution is -2.14. The van der Waals surface area contributed by atoms with Crippen molar-refractivity contribution in [2.24, 2.45) is 0 Å². The zero-order valence-corrected chi connectivity index (χ0v) is 10.0. The van der Waals surface area contributed by atoms with Gasteiger partial charge in [-0.05, 0) is 23.8 Å². The van der Waals surface area contributed by atoms with Gasteiger partial charge in [-0.1, -0.05) is 12.1 Å². The Kier molecular flexibility index (Phi) is 4.15. The highest BCUT2D eigenvalue weighted by molar-refractivity contribution is 5.34. The average molecular weight is 261 g/mol. The van der Waals surface area contributed by atoms with E-state index in [4.69, 9.17) is 0 Å². The summed E-state index contributed by atoms with van der Waals surface area (Å²) in [7, 11) is 0. The number of halogens is 1. The summed E-state index contributed by atoms with van der Waals surface area (Å²) in [5.74, 6) is -0.288. The fourth-order valence-corrected chi connectivity index (χ4v) is 1.66. The van der Waals surface area contributed by atoms with Gasteiger partial charge in [-0.15, -0.1) is 0 Å². The van der Waals surface area contributed by atoms with Crippen LogP contribution in [0.5, 0.6) is 0 Å². The summed E-state index contributed by atoms with van der Waals surface area (Å²) in [5, 5.41) is 13.8. The Bertz CT molecular complexity index is 572. The second-order valence-electron chi connectivity index (χ2n) is 3.96. The van der Waals surface area contributed by atoms with Gasteiger partial charge in [0.25, 0.3) is 5.69 Å². The summed E-state index contributed by atoms with van der Waals surface area (Å²) in [6.45, 7) is 0.780. The van der Waals surface area contributed by atoms with Gasteiger partial charge in [0.15, 0.2) is 0 Å². The van der Waals surface area contributed by atoms with E-state index in [2.05, 4.69) is 10.3 Å². The van der Waals surface area contributed by atoms with Gasteiger partial charge in [-0.2, -0.15) is 0 Å². The smallest absolute Gasteiger partial charge is 0.292 e. The standard InChI is InChI=1S/C13H12FN3O2/c14-11-5-3-10(4-6-11)8-15-9-12-13(17(18)19)2-1-7-16-12/h1-7,15H,8-9H2. The van der Waals surface area contributed by atoms with Crippen LogP contribution in [0.15, 0.2) is 42.6 Å². The number of pyridine rings is 1. The Morgan fingerprint density at radius 1 is 1.21 bits per heavy atom. The van der Waals surface area contributed by atoms with E-state index in [1.807, 2.05) is 0 Å². The van der Waals surface area contributed by atoms with Crippen molar-refractivity contribution in [3.8, 4) is 0 Å². The molecule has 0 bridgehead atoms. The first kappa shape index (κ1) is 13.1. The van der Waals surface area contributed by atoms with Gasteiger partial charge in [0.2, 0.25) is 0 Å². The molecule has 0 amide bonds. The van der Waals surface area contributed by atoms with Crippen molar-refractivity contribution in [2.45, 2.75) is 13.1 Å². The minimum Gasteiger partial charge on any atom is -0.307 e. The molecule has 0 radical (unpaired) electrons. The molecule has 0 saturated heterocycles. The summed E-state index contributed by atoms with van der Waals surface area (Å²) in [5.41, 5.74) is 1.28. The normalized spacial score (nSPS) is 10.4. The van der Waals surface area contributed by atoms with E-state index in [0.717, 1.165) is 5.56 Å². The number of aromatic nitrogens is 1. The first-order chi connectivity index (χ1) is 9.16. The third-order valence-electron chi connectivity index (χ3n) is 2.60. The van der Waals surface area contributed by atoms with E-state index in [1.54, 1.807) is 12.1 Å². The summed E-state index contributed by atoms with van der Waals surface area (Å²) >= 11 is 0. The lowest BCUT2D eigenvalue weighted by atomic mass is 10.2. The van der Waals surface area contributed by atoms with Crippen LogP contribution in [-0.4, -0.2) is 9.91 Å².